The van der Waals surface area contributed by atoms with Gasteiger partial charge in [-0.25, -0.2) is 0 Å². The van der Waals surface area contributed by atoms with Crippen molar-refractivity contribution in [3.63, 3.8) is 0 Å². The lowest BCUT2D eigenvalue weighted by molar-refractivity contribution is 0.196. The number of phenolic OH excluding ortho intramolecular Hbond substituents is 1. The highest BCUT2D eigenvalue weighted by molar-refractivity contribution is 5.51. The van der Waals surface area contributed by atoms with Gasteiger partial charge in [-0.2, -0.15) is 5.26 Å². The number of aromatic hydroxyl groups is 1. The summed E-state index contributed by atoms with van der Waals surface area (Å²) in [6, 6.07) is 6.38. The fraction of sp³-hybridized carbons (Fsp3) is 0.667. The van der Waals surface area contributed by atoms with Crippen LogP contribution in [0.5, 0.6) is 5.75 Å². The van der Waals surface area contributed by atoms with Gasteiger partial charge in [0.05, 0.1) is 6.07 Å². The van der Waals surface area contributed by atoms with E-state index in [1.165, 1.54) is 6.42 Å². The van der Waals surface area contributed by atoms with Crippen LogP contribution >= 0.6 is 0 Å². The molecule has 2 rings (SSSR count). The van der Waals surface area contributed by atoms with Crippen LogP contribution in [0, 0.1) is 11.3 Å². The van der Waals surface area contributed by atoms with Gasteiger partial charge in [0.25, 0.3) is 0 Å². The largest absolute Gasteiger partial charge is 0.507 e. The Labute approximate surface area is 147 Å². The normalized spacial score (nSPS) is 18.2. The van der Waals surface area contributed by atoms with Gasteiger partial charge in [-0.05, 0) is 65.6 Å². The molecule has 24 heavy (non-hydrogen) atoms. The second-order valence-corrected chi connectivity index (χ2v) is 9.09. The van der Waals surface area contributed by atoms with Crippen LogP contribution in [-0.2, 0) is 10.8 Å². The van der Waals surface area contributed by atoms with Crippen LogP contribution in [0.4, 0.5) is 0 Å². The summed E-state index contributed by atoms with van der Waals surface area (Å²) in [5.41, 5.74) is 2.56. The first-order valence-electron chi connectivity index (χ1n) is 9.07. The second kappa shape index (κ2) is 6.76. The Morgan fingerprint density at radius 2 is 1.42 bits per heavy atom. The smallest absolute Gasteiger partial charge is 0.123 e. The third-order valence-electron chi connectivity index (χ3n) is 4.94. The van der Waals surface area contributed by atoms with E-state index in [1.54, 1.807) is 0 Å². The standard InChI is InChI=1S/C21H32N2O/c1-20(2,3)16-12-15(13-17(19(16)24)21(4,5)6)18(14-22)23-10-8-7-9-11-23/h12-13,18,24H,7-11H2,1-6H3. The maximum Gasteiger partial charge on any atom is 0.123 e. The molecule has 1 aromatic rings. The molecule has 1 aliphatic rings. The average Bonchev–Trinajstić information content (AvgIpc) is 2.48. The zero-order chi connectivity index (χ0) is 18.1. The first-order valence-corrected chi connectivity index (χ1v) is 9.07. The molecule has 1 aromatic carbocycles. The van der Waals surface area contributed by atoms with Gasteiger partial charge < -0.3 is 5.11 Å². The third-order valence-corrected chi connectivity index (χ3v) is 4.94. The third kappa shape index (κ3) is 3.92. The summed E-state index contributed by atoms with van der Waals surface area (Å²) < 4.78 is 0. The summed E-state index contributed by atoms with van der Waals surface area (Å²) >= 11 is 0. The minimum Gasteiger partial charge on any atom is -0.507 e. The Morgan fingerprint density at radius 3 is 1.79 bits per heavy atom. The lowest BCUT2D eigenvalue weighted by atomic mass is 9.77. The topological polar surface area (TPSA) is 47.3 Å². The number of nitriles is 1. The van der Waals surface area contributed by atoms with E-state index < -0.39 is 0 Å². The van der Waals surface area contributed by atoms with E-state index in [4.69, 9.17) is 0 Å². The fourth-order valence-electron chi connectivity index (χ4n) is 3.50. The Bertz CT molecular complexity index is 588. The van der Waals surface area contributed by atoms with Gasteiger partial charge in [-0.1, -0.05) is 48.0 Å². The molecule has 0 bridgehead atoms. The number of nitrogens with zero attached hydrogens (tertiary/aromatic N) is 2. The van der Waals surface area contributed by atoms with Gasteiger partial charge in [-0.15, -0.1) is 0 Å². The lowest BCUT2D eigenvalue weighted by Gasteiger charge is -2.33. The second-order valence-electron chi connectivity index (χ2n) is 9.09. The molecule has 1 heterocycles. The van der Waals surface area contributed by atoms with Gasteiger partial charge in [0.1, 0.15) is 11.8 Å². The number of hydrogen-bond acceptors (Lipinski definition) is 3. The van der Waals surface area contributed by atoms with E-state index in [-0.39, 0.29) is 16.9 Å². The molecule has 0 aliphatic carbocycles. The highest BCUT2D eigenvalue weighted by Gasteiger charge is 2.30. The summed E-state index contributed by atoms with van der Waals surface area (Å²) in [4.78, 5) is 2.29. The first kappa shape index (κ1) is 18.8. The summed E-state index contributed by atoms with van der Waals surface area (Å²) in [6.07, 6.45) is 3.58. The van der Waals surface area contributed by atoms with Crippen molar-refractivity contribution in [2.24, 2.45) is 0 Å². The van der Waals surface area contributed by atoms with E-state index in [0.717, 1.165) is 42.6 Å². The van der Waals surface area contributed by atoms with Crippen molar-refractivity contribution in [3.05, 3.63) is 28.8 Å². The minimum absolute atomic E-state index is 0.165. The molecule has 3 heteroatoms. The van der Waals surface area contributed by atoms with E-state index >= 15 is 0 Å². The molecule has 0 saturated carbocycles. The molecule has 1 saturated heterocycles. The van der Waals surface area contributed by atoms with Crippen molar-refractivity contribution in [2.45, 2.75) is 77.7 Å². The number of piperidine rings is 1. The SMILES string of the molecule is CC(C)(C)c1cc(C(C#N)N2CCCCC2)cc(C(C)(C)C)c1O. The van der Waals surface area contributed by atoms with Crippen molar-refractivity contribution in [3.8, 4) is 11.8 Å². The number of hydrogen-bond donors (Lipinski definition) is 1. The van der Waals surface area contributed by atoms with Crippen LogP contribution in [-0.4, -0.2) is 23.1 Å². The van der Waals surface area contributed by atoms with Crippen molar-refractivity contribution in [2.75, 3.05) is 13.1 Å². The predicted octanol–water partition coefficient (Wildman–Crippen LogP) is 5.04. The molecule has 0 aromatic heterocycles. The molecule has 1 unspecified atom stereocenters. The Hall–Kier alpha value is -1.53. The van der Waals surface area contributed by atoms with Crippen LogP contribution in [0.3, 0.4) is 0 Å². The zero-order valence-electron chi connectivity index (χ0n) is 16.1. The van der Waals surface area contributed by atoms with E-state index in [9.17, 15) is 10.4 Å². The Kier molecular flexibility index (Phi) is 5.30. The monoisotopic (exact) mass is 328 g/mol. The Balaban J connectivity index is 2.58. The van der Waals surface area contributed by atoms with E-state index in [1.807, 2.05) is 12.1 Å². The molecule has 132 valence electrons. The molecule has 1 atom stereocenters. The summed E-state index contributed by atoms with van der Waals surface area (Å²) in [7, 11) is 0. The van der Waals surface area contributed by atoms with Gasteiger partial charge in [-0.3, -0.25) is 4.90 Å². The van der Waals surface area contributed by atoms with Crippen molar-refractivity contribution >= 4 is 0 Å². The van der Waals surface area contributed by atoms with Crippen molar-refractivity contribution in [1.29, 1.82) is 5.26 Å². The highest BCUT2D eigenvalue weighted by Crippen LogP contribution is 2.41. The van der Waals surface area contributed by atoms with Crippen molar-refractivity contribution < 1.29 is 5.11 Å². The van der Waals surface area contributed by atoms with E-state index in [0.29, 0.717) is 5.75 Å². The Morgan fingerprint density at radius 1 is 0.958 bits per heavy atom. The average molecular weight is 328 g/mol. The fourth-order valence-corrected chi connectivity index (χ4v) is 3.50. The minimum atomic E-state index is -0.229. The molecule has 1 N–H and O–H groups in total. The summed E-state index contributed by atoms with van der Waals surface area (Å²) in [5, 5.41) is 20.7. The van der Waals surface area contributed by atoms with Crippen molar-refractivity contribution in [1.82, 2.24) is 4.90 Å². The first-order chi connectivity index (χ1) is 11.1. The summed E-state index contributed by atoms with van der Waals surface area (Å²) in [5.74, 6) is 0.383. The molecule has 0 amide bonds. The quantitative estimate of drug-likeness (QED) is 0.827. The van der Waals surface area contributed by atoms with Gasteiger partial charge >= 0.3 is 0 Å². The molecule has 1 aliphatic heterocycles. The van der Waals surface area contributed by atoms with Crippen LogP contribution in [0.1, 0.15) is 83.5 Å². The molecular formula is C21H32N2O. The number of rotatable bonds is 2. The van der Waals surface area contributed by atoms with Crippen LogP contribution in [0.15, 0.2) is 12.1 Å². The molecule has 0 spiro atoms. The maximum atomic E-state index is 10.9. The van der Waals surface area contributed by atoms with E-state index in [2.05, 4.69) is 52.5 Å². The van der Waals surface area contributed by atoms with Crippen LogP contribution in [0.2, 0.25) is 0 Å². The molecule has 1 fully saturated rings. The van der Waals surface area contributed by atoms with Crippen LogP contribution < -0.4 is 0 Å². The van der Waals surface area contributed by atoms with Gasteiger partial charge in [0.15, 0.2) is 0 Å². The number of phenols is 1. The molecule has 3 nitrogen and oxygen atoms in total. The highest BCUT2D eigenvalue weighted by atomic mass is 16.3. The van der Waals surface area contributed by atoms with Crippen LogP contribution in [0.25, 0.3) is 0 Å². The maximum absolute atomic E-state index is 10.9. The lowest BCUT2D eigenvalue weighted by Crippen LogP contribution is -2.33. The predicted molar refractivity (Wildman–Crippen MR) is 99.3 cm³/mol. The van der Waals surface area contributed by atoms with Gasteiger partial charge in [0.2, 0.25) is 0 Å². The molecule has 0 radical (unpaired) electrons. The van der Waals surface area contributed by atoms with Gasteiger partial charge in [0, 0.05) is 0 Å². The summed E-state index contributed by atoms with van der Waals surface area (Å²) in [6.45, 7) is 14.6. The number of likely N-dealkylation sites (tertiary alicyclic amines) is 1. The number of benzene rings is 1. The molecular weight excluding hydrogens is 296 g/mol. The zero-order valence-corrected chi connectivity index (χ0v) is 16.1.